The lowest BCUT2D eigenvalue weighted by Gasteiger charge is -2.18. The molecule has 0 unspecified atom stereocenters. The molecule has 0 fully saturated rings. The first-order chi connectivity index (χ1) is 14.4. The normalized spacial score (nSPS) is 12.5. The highest BCUT2D eigenvalue weighted by molar-refractivity contribution is 6.21. The largest absolute Gasteiger partial charge is 0.497 e. The summed E-state index contributed by atoms with van der Waals surface area (Å²) in [7, 11) is 3.10. The molecule has 0 atom stereocenters. The van der Waals surface area contributed by atoms with E-state index in [4.69, 9.17) is 4.74 Å². The van der Waals surface area contributed by atoms with E-state index in [0.29, 0.717) is 29.0 Å². The van der Waals surface area contributed by atoms with Crippen molar-refractivity contribution >= 4 is 29.3 Å². The van der Waals surface area contributed by atoms with Crippen LogP contribution in [0.25, 0.3) is 0 Å². The number of hydrogen-bond donors (Lipinski definition) is 1. The van der Waals surface area contributed by atoms with E-state index in [9.17, 15) is 19.2 Å². The monoisotopic (exact) mass is 409 g/mol. The van der Waals surface area contributed by atoms with Crippen LogP contribution in [0.3, 0.4) is 0 Å². The molecular formula is C22H23N3O5. The molecule has 0 saturated heterocycles. The lowest BCUT2D eigenvalue weighted by molar-refractivity contribution is -0.133. The second-order valence-electron chi connectivity index (χ2n) is 6.94. The highest BCUT2D eigenvalue weighted by Crippen LogP contribution is 2.22. The van der Waals surface area contributed by atoms with Crippen LogP contribution in [0, 0.1) is 0 Å². The molecule has 0 aliphatic carbocycles. The number of methoxy groups -OCH3 is 1. The van der Waals surface area contributed by atoms with Crippen LogP contribution in [0.15, 0.2) is 48.5 Å². The number of rotatable bonds is 8. The maximum Gasteiger partial charge on any atom is 0.261 e. The van der Waals surface area contributed by atoms with Crippen molar-refractivity contribution in [3.8, 4) is 5.75 Å². The average Bonchev–Trinajstić information content (AvgIpc) is 2.99. The van der Waals surface area contributed by atoms with Crippen molar-refractivity contribution in [1.29, 1.82) is 0 Å². The van der Waals surface area contributed by atoms with Crippen LogP contribution in [0.4, 0.5) is 5.69 Å². The van der Waals surface area contributed by atoms with Gasteiger partial charge in [-0.2, -0.15) is 0 Å². The lowest BCUT2D eigenvalue weighted by Crippen LogP contribution is -2.36. The fourth-order valence-corrected chi connectivity index (χ4v) is 3.20. The Balaban J connectivity index is 1.44. The van der Waals surface area contributed by atoms with E-state index < -0.39 is 0 Å². The highest BCUT2D eigenvalue weighted by atomic mass is 16.5. The Labute approximate surface area is 174 Å². The first kappa shape index (κ1) is 21.0. The summed E-state index contributed by atoms with van der Waals surface area (Å²) in [5, 5.41) is 2.72. The van der Waals surface area contributed by atoms with Gasteiger partial charge in [0.2, 0.25) is 11.8 Å². The molecule has 0 saturated carbocycles. The van der Waals surface area contributed by atoms with E-state index in [1.54, 1.807) is 55.6 Å². The smallest absolute Gasteiger partial charge is 0.261 e. The Hall–Kier alpha value is -3.68. The number of carbonyl (C=O) groups excluding carboxylic acids is 4. The van der Waals surface area contributed by atoms with Crippen LogP contribution in [-0.4, -0.2) is 60.7 Å². The van der Waals surface area contributed by atoms with Crippen LogP contribution in [0.2, 0.25) is 0 Å². The summed E-state index contributed by atoms with van der Waals surface area (Å²) in [6, 6.07) is 13.5. The molecule has 4 amide bonds. The van der Waals surface area contributed by atoms with Gasteiger partial charge in [0.15, 0.2) is 0 Å². The Morgan fingerprint density at radius 3 is 2.17 bits per heavy atom. The number of ether oxygens (including phenoxy) is 1. The quantitative estimate of drug-likeness (QED) is 0.674. The summed E-state index contributed by atoms with van der Waals surface area (Å²) < 4.78 is 5.07. The second-order valence-corrected chi connectivity index (χ2v) is 6.94. The molecule has 2 aromatic rings. The minimum Gasteiger partial charge on any atom is -0.497 e. The minimum absolute atomic E-state index is 0.0993. The average molecular weight is 409 g/mol. The number of likely N-dealkylation sites (N-methyl/N-ethyl adjacent to an activating group) is 1. The summed E-state index contributed by atoms with van der Waals surface area (Å²) in [6.45, 7) is 0.0574. The summed E-state index contributed by atoms with van der Waals surface area (Å²) in [5.74, 6) is -0.559. The zero-order chi connectivity index (χ0) is 21.7. The molecule has 30 heavy (non-hydrogen) atoms. The standard InChI is InChI=1S/C22H23N3O5/c1-24(14-19(26)23-15-9-11-16(30-2)12-10-15)20(27)8-5-13-25-21(28)17-6-3-4-7-18(17)22(25)29/h3-4,6-7,9-12H,5,8,13-14H2,1-2H3,(H,23,26). The molecule has 0 radical (unpaired) electrons. The number of carbonyl (C=O) groups is 4. The molecule has 0 aromatic heterocycles. The number of amides is 4. The van der Waals surface area contributed by atoms with Crippen molar-refractivity contribution in [1.82, 2.24) is 9.80 Å². The minimum atomic E-state index is -0.338. The molecule has 8 nitrogen and oxygen atoms in total. The Bertz CT molecular complexity index is 936. The van der Waals surface area contributed by atoms with Crippen molar-refractivity contribution in [2.24, 2.45) is 0 Å². The SMILES string of the molecule is COc1ccc(NC(=O)CN(C)C(=O)CCCN2C(=O)c3ccccc3C2=O)cc1. The molecule has 8 heteroatoms. The van der Waals surface area contributed by atoms with Gasteiger partial charge in [0.25, 0.3) is 11.8 Å². The maximum atomic E-state index is 12.3. The lowest BCUT2D eigenvalue weighted by atomic mass is 10.1. The topological polar surface area (TPSA) is 96.0 Å². The Morgan fingerprint density at radius 1 is 1.00 bits per heavy atom. The number of anilines is 1. The number of nitrogens with zero attached hydrogens (tertiary/aromatic N) is 2. The first-order valence-corrected chi connectivity index (χ1v) is 9.54. The predicted molar refractivity (Wildman–Crippen MR) is 110 cm³/mol. The first-order valence-electron chi connectivity index (χ1n) is 9.54. The molecule has 2 aromatic carbocycles. The van der Waals surface area contributed by atoms with E-state index in [-0.39, 0.29) is 43.1 Å². The van der Waals surface area contributed by atoms with Gasteiger partial charge in [0.05, 0.1) is 24.8 Å². The highest BCUT2D eigenvalue weighted by Gasteiger charge is 2.34. The fraction of sp³-hybridized carbons (Fsp3) is 0.273. The Kier molecular flexibility index (Phi) is 6.46. The zero-order valence-corrected chi connectivity index (χ0v) is 16.9. The van der Waals surface area contributed by atoms with Crippen LogP contribution >= 0.6 is 0 Å². The van der Waals surface area contributed by atoms with E-state index in [2.05, 4.69) is 5.32 Å². The molecule has 0 bridgehead atoms. The summed E-state index contributed by atoms with van der Waals surface area (Å²) in [5.41, 5.74) is 1.38. The van der Waals surface area contributed by atoms with Crippen molar-refractivity contribution in [3.05, 3.63) is 59.7 Å². The fourth-order valence-electron chi connectivity index (χ4n) is 3.20. The zero-order valence-electron chi connectivity index (χ0n) is 16.9. The predicted octanol–water partition coefficient (Wildman–Crippen LogP) is 2.17. The number of hydrogen-bond acceptors (Lipinski definition) is 5. The number of nitrogens with one attached hydrogen (secondary N) is 1. The second kappa shape index (κ2) is 9.21. The van der Waals surface area contributed by atoms with Gasteiger partial charge in [-0.3, -0.25) is 24.1 Å². The molecular weight excluding hydrogens is 386 g/mol. The number of fused-ring (bicyclic) bond motifs is 1. The van der Waals surface area contributed by atoms with Crippen LogP contribution in [0.5, 0.6) is 5.75 Å². The van der Waals surface area contributed by atoms with E-state index in [0.717, 1.165) is 4.90 Å². The van der Waals surface area contributed by atoms with E-state index >= 15 is 0 Å². The van der Waals surface area contributed by atoms with Gasteiger partial charge >= 0.3 is 0 Å². The molecule has 0 spiro atoms. The third-order valence-electron chi connectivity index (χ3n) is 4.83. The summed E-state index contributed by atoms with van der Waals surface area (Å²) in [4.78, 5) is 51.6. The van der Waals surface area contributed by atoms with Crippen LogP contribution in [-0.2, 0) is 9.59 Å². The van der Waals surface area contributed by atoms with E-state index in [1.807, 2.05) is 0 Å². The Morgan fingerprint density at radius 2 is 1.60 bits per heavy atom. The van der Waals surface area contributed by atoms with Crippen molar-refractivity contribution < 1.29 is 23.9 Å². The maximum absolute atomic E-state index is 12.3. The van der Waals surface area contributed by atoms with Crippen LogP contribution < -0.4 is 10.1 Å². The molecule has 1 heterocycles. The van der Waals surface area contributed by atoms with Crippen molar-refractivity contribution in [2.45, 2.75) is 12.8 Å². The molecule has 156 valence electrons. The third-order valence-corrected chi connectivity index (χ3v) is 4.83. The van der Waals surface area contributed by atoms with Gasteiger partial charge in [-0.1, -0.05) is 12.1 Å². The van der Waals surface area contributed by atoms with Gasteiger partial charge in [-0.15, -0.1) is 0 Å². The van der Waals surface area contributed by atoms with Crippen molar-refractivity contribution in [2.75, 3.05) is 32.6 Å². The summed E-state index contributed by atoms with van der Waals surface area (Å²) >= 11 is 0. The van der Waals surface area contributed by atoms with Gasteiger partial charge in [-0.05, 0) is 42.8 Å². The number of imide groups is 1. The molecule has 1 N–H and O–H groups in total. The number of benzene rings is 2. The molecule has 1 aliphatic rings. The molecule has 1 aliphatic heterocycles. The molecule has 3 rings (SSSR count). The van der Waals surface area contributed by atoms with Gasteiger partial charge in [-0.25, -0.2) is 0 Å². The van der Waals surface area contributed by atoms with Crippen molar-refractivity contribution in [3.63, 3.8) is 0 Å². The van der Waals surface area contributed by atoms with Crippen LogP contribution in [0.1, 0.15) is 33.6 Å². The van der Waals surface area contributed by atoms with Gasteiger partial charge in [0, 0.05) is 25.7 Å². The van der Waals surface area contributed by atoms with Gasteiger partial charge < -0.3 is 15.0 Å². The summed E-state index contributed by atoms with van der Waals surface area (Å²) in [6.07, 6.45) is 0.453. The van der Waals surface area contributed by atoms with Gasteiger partial charge in [0.1, 0.15) is 5.75 Å². The third kappa shape index (κ3) is 4.65. The van der Waals surface area contributed by atoms with E-state index in [1.165, 1.54) is 11.9 Å².